The van der Waals surface area contributed by atoms with E-state index in [-0.39, 0.29) is 6.61 Å². The second-order valence-corrected chi connectivity index (χ2v) is 7.38. The highest BCUT2D eigenvalue weighted by Crippen LogP contribution is 2.33. The van der Waals surface area contributed by atoms with Gasteiger partial charge in [-0.15, -0.1) is 0 Å². The van der Waals surface area contributed by atoms with Crippen LogP contribution in [-0.4, -0.2) is 74.2 Å². The number of hydrogen-bond donors (Lipinski definition) is 1. The molecule has 1 saturated heterocycles. The zero-order valence-electron chi connectivity index (χ0n) is 16.8. The fourth-order valence-corrected chi connectivity index (χ4v) is 3.70. The zero-order valence-corrected chi connectivity index (χ0v) is 16.8. The van der Waals surface area contributed by atoms with Gasteiger partial charge in [0.05, 0.1) is 7.11 Å². The van der Waals surface area contributed by atoms with Gasteiger partial charge in [-0.25, -0.2) is 0 Å². The summed E-state index contributed by atoms with van der Waals surface area (Å²) >= 11 is 0. The summed E-state index contributed by atoms with van der Waals surface area (Å²) in [5, 5.41) is 10.4. The number of fused-ring (bicyclic) bond motifs is 1. The van der Waals surface area contributed by atoms with Crippen molar-refractivity contribution in [3.8, 4) is 23.0 Å². The van der Waals surface area contributed by atoms with Crippen LogP contribution in [0.1, 0.15) is 5.56 Å². The Bertz CT molecular complexity index is 808. The Kier molecular flexibility index (Phi) is 6.39. The van der Waals surface area contributed by atoms with Gasteiger partial charge in [-0.1, -0.05) is 18.2 Å². The van der Waals surface area contributed by atoms with Gasteiger partial charge in [0.15, 0.2) is 23.0 Å². The number of para-hydroxylation sites is 2. The molecule has 0 aliphatic carbocycles. The molecule has 0 spiro atoms. The van der Waals surface area contributed by atoms with E-state index >= 15 is 0 Å². The Hall–Kier alpha value is -2.48. The highest BCUT2D eigenvalue weighted by molar-refractivity contribution is 5.44. The van der Waals surface area contributed by atoms with Gasteiger partial charge in [-0.3, -0.25) is 9.80 Å². The molecule has 7 nitrogen and oxygen atoms in total. The minimum atomic E-state index is -0.541. The van der Waals surface area contributed by atoms with Crippen molar-refractivity contribution in [2.75, 3.05) is 53.2 Å². The van der Waals surface area contributed by atoms with Crippen LogP contribution >= 0.6 is 0 Å². The van der Waals surface area contributed by atoms with Crippen LogP contribution in [0.3, 0.4) is 0 Å². The van der Waals surface area contributed by atoms with Gasteiger partial charge in [0, 0.05) is 39.3 Å². The van der Waals surface area contributed by atoms with Crippen LogP contribution < -0.4 is 18.9 Å². The fourth-order valence-electron chi connectivity index (χ4n) is 3.70. The molecule has 0 amide bonds. The van der Waals surface area contributed by atoms with Gasteiger partial charge in [-0.2, -0.15) is 0 Å². The van der Waals surface area contributed by atoms with Crippen molar-refractivity contribution in [3.63, 3.8) is 0 Å². The van der Waals surface area contributed by atoms with Gasteiger partial charge < -0.3 is 24.1 Å². The summed E-state index contributed by atoms with van der Waals surface area (Å²) in [6.45, 7) is 5.84. The molecule has 1 atom stereocenters. The molecule has 156 valence electrons. The van der Waals surface area contributed by atoms with Crippen molar-refractivity contribution < 1.29 is 24.1 Å². The number of methoxy groups -OCH3 is 1. The summed E-state index contributed by atoms with van der Waals surface area (Å²) in [4.78, 5) is 4.71. The minimum Gasteiger partial charge on any atom is -0.493 e. The summed E-state index contributed by atoms with van der Waals surface area (Å²) in [5.41, 5.74) is 1.23. The number of hydrogen-bond acceptors (Lipinski definition) is 7. The van der Waals surface area contributed by atoms with E-state index in [0.717, 1.165) is 44.2 Å². The highest BCUT2D eigenvalue weighted by Gasteiger charge is 2.21. The maximum Gasteiger partial charge on any atom is 0.231 e. The molecule has 2 aliphatic heterocycles. The predicted molar refractivity (Wildman–Crippen MR) is 109 cm³/mol. The standard InChI is InChI=1S/C22H28N2O5/c1-26-19-4-2-3-5-20(19)27-15-18(25)14-24-10-8-23(9-11-24)13-17-6-7-21-22(12-17)29-16-28-21/h2-7,12,18,25H,8-11,13-16H2,1H3. The summed E-state index contributed by atoms with van der Waals surface area (Å²) in [6.07, 6.45) is -0.541. The normalized spacial score (nSPS) is 17.9. The number of piperazine rings is 1. The second-order valence-electron chi connectivity index (χ2n) is 7.38. The van der Waals surface area contributed by atoms with E-state index in [1.54, 1.807) is 7.11 Å². The molecule has 2 aromatic rings. The first-order chi connectivity index (χ1) is 14.2. The molecule has 7 heteroatoms. The van der Waals surface area contributed by atoms with Crippen LogP contribution in [-0.2, 0) is 6.54 Å². The molecular weight excluding hydrogens is 372 g/mol. The SMILES string of the molecule is COc1ccccc1OCC(O)CN1CCN(Cc2ccc3c(c2)OCO3)CC1. The second kappa shape index (κ2) is 9.35. The Labute approximate surface area is 171 Å². The zero-order chi connectivity index (χ0) is 20.1. The lowest BCUT2D eigenvalue weighted by atomic mass is 10.1. The van der Waals surface area contributed by atoms with Crippen molar-refractivity contribution >= 4 is 0 Å². The number of β-amino-alcohol motifs (C(OH)–C–C–N with tert-alkyl or cyclic N) is 1. The lowest BCUT2D eigenvalue weighted by molar-refractivity contribution is 0.0440. The van der Waals surface area contributed by atoms with Gasteiger partial charge in [0.2, 0.25) is 6.79 Å². The van der Waals surface area contributed by atoms with E-state index in [1.165, 1.54) is 5.56 Å². The molecule has 0 saturated carbocycles. The Morgan fingerprint density at radius 2 is 1.69 bits per heavy atom. The summed E-state index contributed by atoms with van der Waals surface area (Å²) in [7, 11) is 1.61. The Balaban J connectivity index is 1.19. The first-order valence-corrected chi connectivity index (χ1v) is 9.98. The number of benzene rings is 2. The first kappa shape index (κ1) is 19.8. The smallest absolute Gasteiger partial charge is 0.231 e. The van der Waals surface area contributed by atoms with Crippen molar-refractivity contribution in [2.45, 2.75) is 12.6 Å². The van der Waals surface area contributed by atoms with E-state index in [9.17, 15) is 5.11 Å². The fraction of sp³-hybridized carbons (Fsp3) is 0.455. The molecule has 2 aromatic carbocycles. The van der Waals surface area contributed by atoms with Crippen LogP contribution in [0.5, 0.6) is 23.0 Å². The van der Waals surface area contributed by atoms with Crippen LogP contribution in [0, 0.1) is 0 Å². The quantitative estimate of drug-likeness (QED) is 0.727. The molecular formula is C22H28N2O5. The summed E-state index contributed by atoms with van der Waals surface area (Å²) in [5.74, 6) is 2.99. The Morgan fingerprint density at radius 1 is 0.966 bits per heavy atom. The van der Waals surface area contributed by atoms with E-state index in [4.69, 9.17) is 18.9 Å². The van der Waals surface area contributed by atoms with Crippen molar-refractivity contribution in [3.05, 3.63) is 48.0 Å². The van der Waals surface area contributed by atoms with Gasteiger partial charge in [0.1, 0.15) is 12.7 Å². The van der Waals surface area contributed by atoms with Crippen LogP contribution in [0.2, 0.25) is 0 Å². The molecule has 0 radical (unpaired) electrons. The number of aliphatic hydroxyl groups is 1. The predicted octanol–water partition coefficient (Wildman–Crippen LogP) is 1.98. The average molecular weight is 400 g/mol. The van der Waals surface area contributed by atoms with E-state index in [0.29, 0.717) is 24.8 Å². The van der Waals surface area contributed by atoms with E-state index in [1.807, 2.05) is 30.3 Å². The summed E-state index contributed by atoms with van der Waals surface area (Å²) in [6, 6.07) is 13.6. The van der Waals surface area contributed by atoms with Crippen LogP contribution in [0.25, 0.3) is 0 Å². The number of nitrogens with zero attached hydrogens (tertiary/aromatic N) is 2. The molecule has 1 fully saturated rings. The molecule has 2 aliphatic rings. The minimum absolute atomic E-state index is 0.248. The number of ether oxygens (including phenoxy) is 4. The molecule has 0 bridgehead atoms. The molecule has 2 heterocycles. The molecule has 29 heavy (non-hydrogen) atoms. The molecule has 0 aromatic heterocycles. The Morgan fingerprint density at radius 3 is 2.48 bits per heavy atom. The van der Waals surface area contributed by atoms with E-state index in [2.05, 4.69) is 21.9 Å². The molecule has 4 rings (SSSR count). The van der Waals surface area contributed by atoms with Gasteiger partial charge in [-0.05, 0) is 29.8 Å². The van der Waals surface area contributed by atoms with Gasteiger partial charge >= 0.3 is 0 Å². The van der Waals surface area contributed by atoms with Crippen molar-refractivity contribution in [1.29, 1.82) is 0 Å². The lowest BCUT2D eigenvalue weighted by Crippen LogP contribution is -2.48. The maximum atomic E-state index is 10.4. The maximum absolute atomic E-state index is 10.4. The third-order valence-corrected chi connectivity index (χ3v) is 5.28. The monoisotopic (exact) mass is 400 g/mol. The molecule has 1 unspecified atom stereocenters. The van der Waals surface area contributed by atoms with E-state index < -0.39 is 6.10 Å². The van der Waals surface area contributed by atoms with Crippen molar-refractivity contribution in [2.24, 2.45) is 0 Å². The first-order valence-electron chi connectivity index (χ1n) is 9.98. The van der Waals surface area contributed by atoms with Crippen LogP contribution in [0.4, 0.5) is 0 Å². The van der Waals surface area contributed by atoms with Crippen molar-refractivity contribution in [1.82, 2.24) is 9.80 Å². The number of aliphatic hydroxyl groups excluding tert-OH is 1. The third kappa shape index (κ3) is 5.12. The average Bonchev–Trinajstić information content (AvgIpc) is 3.22. The van der Waals surface area contributed by atoms with Gasteiger partial charge in [0.25, 0.3) is 0 Å². The summed E-state index contributed by atoms with van der Waals surface area (Å²) < 4.78 is 21.8. The van der Waals surface area contributed by atoms with Crippen LogP contribution in [0.15, 0.2) is 42.5 Å². The number of rotatable bonds is 8. The third-order valence-electron chi connectivity index (χ3n) is 5.28. The molecule has 1 N–H and O–H groups in total. The topological polar surface area (TPSA) is 63.6 Å². The lowest BCUT2D eigenvalue weighted by Gasteiger charge is -2.35. The largest absolute Gasteiger partial charge is 0.493 e. The highest BCUT2D eigenvalue weighted by atomic mass is 16.7.